The van der Waals surface area contributed by atoms with E-state index in [2.05, 4.69) is 32.8 Å². The van der Waals surface area contributed by atoms with E-state index in [1.54, 1.807) is 11.3 Å². The molecule has 0 aliphatic carbocycles. The third-order valence-corrected chi connectivity index (χ3v) is 4.75. The number of aliphatic carboxylic acids is 1. The number of benzene rings is 1. The van der Waals surface area contributed by atoms with E-state index in [-0.39, 0.29) is 0 Å². The van der Waals surface area contributed by atoms with E-state index in [1.165, 1.54) is 4.70 Å². The van der Waals surface area contributed by atoms with E-state index in [1.807, 2.05) is 12.1 Å². The monoisotopic (exact) mass is 299 g/mol. The molecule has 2 aromatic heterocycles. The number of imidazole rings is 1. The predicted octanol–water partition coefficient (Wildman–Crippen LogP) is 2.56. The Balaban J connectivity index is 1.85. The first-order chi connectivity index (χ1) is 10.2. The quantitative estimate of drug-likeness (QED) is 0.679. The standard InChI is InChI=1S/C15H13N3O2S/c19-15(20)13-12-10(5-6-16-13)17-14(18-12)9-7-21-11-4-2-1-3-8(9)11/h1-4,7,13,16H,5-6H2,(H,17,18)(H,19,20)/t13-/m0/s1. The molecule has 21 heavy (non-hydrogen) atoms. The number of nitrogens with one attached hydrogen (secondary N) is 2. The number of thiophene rings is 1. The molecule has 1 aliphatic rings. The van der Waals surface area contributed by atoms with Crippen molar-refractivity contribution in [3.8, 4) is 11.4 Å². The second-order valence-electron chi connectivity index (χ2n) is 5.07. The lowest BCUT2D eigenvalue weighted by molar-refractivity contribution is -0.139. The Morgan fingerprint density at radius 3 is 3.10 bits per heavy atom. The SMILES string of the molecule is O=C(O)[C@H]1NCCc2[nH]c(-c3csc4ccccc34)nc21. The summed E-state index contributed by atoms with van der Waals surface area (Å²) in [6, 6.07) is 7.44. The number of rotatable bonds is 2. The van der Waals surface area contributed by atoms with Crippen molar-refractivity contribution in [2.24, 2.45) is 0 Å². The average Bonchev–Trinajstić information content (AvgIpc) is 3.09. The molecule has 3 heterocycles. The summed E-state index contributed by atoms with van der Waals surface area (Å²) in [7, 11) is 0. The normalized spacial score (nSPS) is 17.8. The smallest absolute Gasteiger partial charge is 0.327 e. The highest BCUT2D eigenvalue weighted by Gasteiger charge is 2.29. The topological polar surface area (TPSA) is 78.0 Å². The first-order valence-corrected chi connectivity index (χ1v) is 7.63. The van der Waals surface area contributed by atoms with Gasteiger partial charge in [-0.1, -0.05) is 18.2 Å². The first-order valence-electron chi connectivity index (χ1n) is 6.75. The van der Waals surface area contributed by atoms with Gasteiger partial charge in [-0.05, 0) is 6.07 Å². The Morgan fingerprint density at radius 2 is 2.24 bits per heavy atom. The van der Waals surface area contributed by atoms with Gasteiger partial charge >= 0.3 is 5.97 Å². The molecular formula is C15H13N3O2S. The van der Waals surface area contributed by atoms with Crippen LogP contribution in [-0.2, 0) is 11.2 Å². The molecule has 1 aromatic carbocycles. The third-order valence-electron chi connectivity index (χ3n) is 3.79. The first kappa shape index (κ1) is 12.6. The van der Waals surface area contributed by atoms with Gasteiger partial charge in [-0.3, -0.25) is 10.1 Å². The maximum atomic E-state index is 11.3. The fourth-order valence-electron chi connectivity index (χ4n) is 2.78. The van der Waals surface area contributed by atoms with Crippen molar-refractivity contribution in [2.75, 3.05) is 6.54 Å². The minimum atomic E-state index is -0.885. The Labute approximate surface area is 124 Å². The highest BCUT2D eigenvalue weighted by Crippen LogP contribution is 2.34. The fourth-order valence-corrected chi connectivity index (χ4v) is 3.73. The summed E-state index contributed by atoms with van der Waals surface area (Å²) < 4.78 is 1.20. The Morgan fingerprint density at radius 1 is 1.38 bits per heavy atom. The van der Waals surface area contributed by atoms with Crippen LogP contribution in [0.15, 0.2) is 29.6 Å². The molecular weight excluding hydrogens is 286 g/mol. The fraction of sp³-hybridized carbons (Fsp3) is 0.200. The van der Waals surface area contributed by atoms with E-state index >= 15 is 0 Å². The zero-order chi connectivity index (χ0) is 14.4. The summed E-state index contributed by atoms with van der Waals surface area (Å²) >= 11 is 1.67. The van der Waals surface area contributed by atoms with Gasteiger partial charge in [0.2, 0.25) is 0 Å². The van der Waals surface area contributed by atoms with Crippen LogP contribution in [0.3, 0.4) is 0 Å². The van der Waals surface area contributed by atoms with Crippen LogP contribution in [0.5, 0.6) is 0 Å². The number of carbonyl (C=O) groups is 1. The summed E-state index contributed by atoms with van der Waals surface area (Å²) in [5, 5.41) is 15.5. The van der Waals surface area contributed by atoms with Crippen molar-refractivity contribution < 1.29 is 9.90 Å². The van der Waals surface area contributed by atoms with Gasteiger partial charge in [0.05, 0.1) is 5.69 Å². The lowest BCUT2D eigenvalue weighted by Crippen LogP contribution is -2.35. The molecule has 0 amide bonds. The van der Waals surface area contributed by atoms with E-state index in [0.717, 1.165) is 28.9 Å². The molecule has 0 saturated carbocycles. The van der Waals surface area contributed by atoms with Crippen LogP contribution in [0.4, 0.5) is 0 Å². The molecule has 5 nitrogen and oxygen atoms in total. The molecule has 1 atom stereocenters. The van der Waals surface area contributed by atoms with Crippen LogP contribution in [0.25, 0.3) is 21.5 Å². The minimum Gasteiger partial charge on any atom is -0.480 e. The lowest BCUT2D eigenvalue weighted by Gasteiger charge is -2.18. The van der Waals surface area contributed by atoms with Crippen LogP contribution in [-0.4, -0.2) is 27.6 Å². The van der Waals surface area contributed by atoms with Gasteiger partial charge in [-0.2, -0.15) is 0 Å². The highest BCUT2D eigenvalue weighted by atomic mass is 32.1. The number of hydrogen-bond acceptors (Lipinski definition) is 4. The number of fused-ring (bicyclic) bond motifs is 2. The van der Waals surface area contributed by atoms with Crippen molar-refractivity contribution in [3.05, 3.63) is 41.0 Å². The van der Waals surface area contributed by atoms with E-state index in [0.29, 0.717) is 12.2 Å². The zero-order valence-electron chi connectivity index (χ0n) is 11.1. The van der Waals surface area contributed by atoms with E-state index in [4.69, 9.17) is 0 Å². The number of aromatic amines is 1. The number of aromatic nitrogens is 2. The molecule has 0 bridgehead atoms. The number of H-pyrrole nitrogens is 1. The van der Waals surface area contributed by atoms with Gasteiger partial charge in [0.25, 0.3) is 0 Å². The van der Waals surface area contributed by atoms with Crippen molar-refractivity contribution in [2.45, 2.75) is 12.5 Å². The zero-order valence-corrected chi connectivity index (χ0v) is 11.9. The Bertz CT molecular complexity index is 836. The molecule has 4 rings (SSSR count). The van der Waals surface area contributed by atoms with E-state index < -0.39 is 12.0 Å². The van der Waals surface area contributed by atoms with E-state index in [9.17, 15) is 9.90 Å². The molecule has 0 unspecified atom stereocenters. The summed E-state index contributed by atoms with van der Waals surface area (Å²) in [6.45, 7) is 0.649. The molecule has 0 radical (unpaired) electrons. The molecule has 0 spiro atoms. The average molecular weight is 299 g/mol. The van der Waals surface area contributed by atoms with Crippen LogP contribution in [0.2, 0.25) is 0 Å². The number of carboxylic acid groups (broad SMARTS) is 1. The van der Waals surface area contributed by atoms with Crippen molar-refractivity contribution in [1.82, 2.24) is 15.3 Å². The summed E-state index contributed by atoms with van der Waals surface area (Å²) in [4.78, 5) is 19.2. The Hall–Kier alpha value is -2.18. The number of nitrogens with zero attached hydrogens (tertiary/aromatic N) is 1. The van der Waals surface area contributed by atoms with Gasteiger partial charge in [-0.25, -0.2) is 4.98 Å². The van der Waals surface area contributed by atoms with Gasteiger partial charge < -0.3 is 10.1 Å². The largest absolute Gasteiger partial charge is 0.480 e. The summed E-state index contributed by atoms with van der Waals surface area (Å²) in [5.41, 5.74) is 2.57. The molecule has 3 N–H and O–H groups in total. The van der Waals surface area contributed by atoms with Crippen LogP contribution < -0.4 is 5.32 Å². The minimum absolute atomic E-state index is 0.610. The van der Waals surface area contributed by atoms with Gasteiger partial charge in [0.1, 0.15) is 5.82 Å². The summed E-state index contributed by atoms with van der Waals surface area (Å²) in [6.07, 6.45) is 0.772. The summed E-state index contributed by atoms with van der Waals surface area (Å²) in [5.74, 6) is -0.128. The Kier molecular flexibility index (Phi) is 2.80. The van der Waals surface area contributed by atoms with Crippen LogP contribution in [0, 0.1) is 0 Å². The van der Waals surface area contributed by atoms with Gasteiger partial charge in [0.15, 0.2) is 6.04 Å². The van der Waals surface area contributed by atoms with Crippen LogP contribution >= 0.6 is 11.3 Å². The van der Waals surface area contributed by atoms with Crippen molar-refractivity contribution in [1.29, 1.82) is 0 Å². The maximum Gasteiger partial charge on any atom is 0.327 e. The van der Waals surface area contributed by atoms with Crippen molar-refractivity contribution in [3.63, 3.8) is 0 Å². The second-order valence-corrected chi connectivity index (χ2v) is 5.98. The van der Waals surface area contributed by atoms with Crippen molar-refractivity contribution >= 4 is 27.4 Å². The molecule has 0 saturated heterocycles. The second kappa shape index (κ2) is 4.68. The third kappa shape index (κ3) is 1.95. The van der Waals surface area contributed by atoms with Gasteiger partial charge in [-0.15, -0.1) is 11.3 Å². The molecule has 106 valence electrons. The lowest BCUT2D eigenvalue weighted by atomic mass is 10.1. The molecule has 6 heteroatoms. The molecule has 1 aliphatic heterocycles. The molecule has 3 aromatic rings. The van der Waals surface area contributed by atoms with Gasteiger partial charge in [0, 0.05) is 39.7 Å². The number of carboxylic acids is 1. The predicted molar refractivity (Wildman–Crippen MR) is 81.5 cm³/mol. The number of hydrogen-bond donors (Lipinski definition) is 3. The van der Waals surface area contributed by atoms with Crippen LogP contribution in [0.1, 0.15) is 17.4 Å². The highest BCUT2D eigenvalue weighted by molar-refractivity contribution is 7.17. The molecule has 0 fully saturated rings. The maximum absolute atomic E-state index is 11.3.